The number of carbonyl (C=O) groups is 1. The average Bonchev–Trinajstić information content (AvgIpc) is 2.55. The lowest BCUT2D eigenvalue weighted by Crippen LogP contribution is -2.32. The summed E-state index contributed by atoms with van der Waals surface area (Å²) >= 11 is 0. The molecule has 0 aliphatic heterocycles. The number of phosphoric ester groups is 1. The quantitative estimate of drug-likeness (QED) is 0.625. The van der Waals surface area contributed by atoms with Gasteiger partial charge in [0.25, 0.3) is 0 Å². The molecular formula is C16H18NO6P. The summed E-state index contributed by atoms with van der Waals surface area (Å²) in [5, 5.41) is 8.77. The van der Waals surface area contributed by atoms with Crippen LogP contribution >= 0.6 is 7.82 Å². The van der Waals surface area contributed by atoms with Gasteiger partial charge < -0.3 is 15.4 Å². The zero-order chi connectivity index (χ0) is 17.6. The fourth-order valence-corrected chi connectivity index (χ4v) is 2.67. The van der Waals surface area contributed by atoms with E-state index in [-0.39, 0.29) is 18.8 Å². The summed E-state index contributed by atoms with van der Waals surface area (Å²) in [5.74, 6) is -0.953. The van der Waals surface area contributed by atoms with Gasteiger partial charge in [-0.1, -0.05) is 42.5 Å². The number of nitrogens with two attached hydrogens (primary N) is 1. The molecule has 7 nitrogen and oxygen atoms in total. The van der Waals surface area contributed by atoms with Crippen molar-refractivity contribution < 1.29 is 28.4 Å². The zero-order valence-electron chi connectivity index (χ0n) is 12.7. The van der Waals surface area contributed by atoms with Crippen molar-refractivity contribution in [2.24, 2.45) is 5.73 Å². The van der Waals surface area contributed by atoms with Gasteiger partial charge in [-0.25, -0.2) is 4.57 Å². The second kappa shape index (κ2) is 8.08. The molecule has 0 bridgehead atoms. The van der Waals surface area contributed by atoms with Crippen LogP contribution in [-0.4, -0.2) is 22.0 Å². The number of rotatable bonds is 8. The lowest BCUT2D eigenvalue weighted by molar-refractivity contribution is -0.138. The van der Waals surface area contributed by atoms with Crippen LogP contribution in [0.2, 0.25) is 0 Å². The van der Waals surface area contributed by atoms with E-state index in [4.69, 9.17) is 19.9 Å². The first-order valence-corrected chi connectivity index (χ1v) is 8.63. The fraction of sp³-hybridized carbons (Fsp3) is 0.188. The van der Waals surface area contributed by atoms with E-state index in [1.165, 1.54) is 12.1 Å². The number of aliphatic carboxylic acids is 1. The average molecular weight is 351 g/mol. The molecule has 128 valence electrons. The highest BCUT2D eigenvalue weighted by Crippen LogP contribution is 2.44. The van der Waals surface area contributed by atoms with E-state index in [1.807, 2.05) is 6.07 Å². The Labute approximate surface area is 139 Å². The maximum atomic E-state index is 11.9. The van der Waals surface area contributed by atoms with E-state index in [0.29, 0.717) is 5.56 Å². The van der Waals surface area contributed by atoms with Crippen molar-refractivity contribution in [3.05, 3.63) is 65.7 Å². The number of carboxylic acids is 1. The molecule has 2 aromatic rings. The summed E-state index contributed by atoms with van der Waals surface area (Å²) in [4.78, 5) is 20.4. The molecule has 0 spiro atoms. The summed E-state index contributed by atoms with van der Waals surface area (Å²) < 4.78 is 21.8. The molecule has 0 aliphatic carbocycles. The standard InChI is InChI=1S/C16H18NO6P/c17-15(16(18)19)10-12-6-8-14(9-7-12)23-24(20,21)22-11-13-4-2-1-3-5-13/h1-9,15H,10-11,17H2,(H,18,19)(H,20,21). The normalized spacial score (nSPS) is 14.6. The van der Waals surface area contributed by atoms with Crippen LogP contribution in [0.4, 0.5) is 0 Å². The minimum absolute atomic E-state index is 0.0554. The number of phosphoric acid groups is 1. The minimum atomic E-state index is -4.26. The molecule has 0 amide bonds. The second-order valence-corrected chi connectivity index (χ2v) is 6.49. The Morgan fingerprint density at radius 2 is 1.71 bits per heavy atom. The molecule has 0 heterocycles. The minimum Gasteiger partial charge on any atom is -0.480 e. The predicted molar refractivity (Wildman–Crippen MR) is 87.4 cm³/mol. The van der Waals surface area contributed by atoms with Crippen molar-refractivity contribution in [1.82, 2.24) is 0 Å². The maximum Gasteiger partial charge on any atom is 0.527 e. The van der Waals surface area contributed by atoms with Gasteiger partial charge in [-0.3, -0.25) is 14.2 Å². The zero-order valence-corrected chi connectivity index (χ0v) is 13.6. The third-order valence-electron chi connectivity index (χ3n) is 3.15. The largest absolute Gasteiger partial charge is 0.527 e. The molecule has 0 fully saturated rings. The first-order chi connectivity index (χ1) is 11.4. The van der Waals surface area contributed by atoms with E-state index in [0.717, 1.165) is 5.56 Å². The van der Waals surface area contributed by atoms with Crippen LogP contribution in [0.1, 0.15) is 11.1 Å². The third kappa shape index (κ3) is 5.79. The van der Waals surface area contributed by atoms with E-state index < -0.39 is 19.8 Å². The second-order valence-electron chi connectivity index (χ2n) is 5.11. The van der Waals surface area contributed by atoms with Gasteiger partial charge >= 0.3 is 13.8 Å². The molecule has 4 N–H and O–H groups in total. The molecule has 0 aliphatic rings. The van der Waals surface area contributed by atoms with Crippen molar-refractivity contribution in [1.29, 1.82) is 0 Å². The van der Waals surface area contributed by atoms with Gasteiger partial charge in [0.2, 0.25) is 0 Å². The molecule has 0 radical (unpaired) electrons. The van der Waals surface area contributed by atoms with Gasteiger partial charge in [-0.05, 0) is 29.7 Å². The molecular weight excluding hydrogens is 333 g/mol. The Morgan fingerprint density at radius 1 is 1.08 bits per heavy atom. The molecule has 2 rings (SSSR count). The van der Waals surface area contributed by atoms with Crippen molar-refractivity contribution >= 4 is 13.8 Å². The van der Waals surface area contributed by atoms with Crippen LogP contribution in [0.3, 0.4) is 0 Å². The molecule has 0 saturated carbocycles. The molecule has 8 heteroatoms. The Balaban J connectivity index is 1.92. The SMILES string of the molecule is NC(Cc1ccc(OP(=O)(O)OCc2ccccc2)cc1)C(=O)O. The third-order valence-corrected chi connectivity index (χ3v) is 4.05. The van der Waals surface area contributed by atoms with Gasteiger partial charge in [0.1, 0.15) is 11.8 Å². The van der Waals surface area contributed by atoms with Crippen LogP contribution < -0.4 is 10.3 Å². The summed E-state index contributed by atoms with van der Waals surface area (Å²) in [6.45, 7) is -0.0554. The predicted octanol–water partition coefficient (Wildman–Crippen LogP) is 2.34. The summed E-state index contributed by atoms with van der Waals surface area (Å²) in [6, 6.07) is 14.0. The van der Waals surface area contributed by atoms with Gasteiger partial charge in [0.05, 0.1) is 6.61 Å². The van der Waals surface area contributed by atoms with Crippen LogP contribution in [0, 0.1) is 0 Å². The van der Waals surface area contributed by atoms with Crippen molar-refractivity contribution in [3.63, 3.8) is 0 Å². The number of carboxylic acid groups (broad SMARTS) is 1. The molecule has 24 heavy (non-hydrogen) atoms. The number of hydrogen-bond acceptors (Lipinski definition) is 5. The Morgan fingerprint density at radius 3 is 2.29 bits per heavy atom. The van der Waals surface area contributed by atoms with Crippen molar-refractivity contribution in [2.75, 3.05) is 0 Å². The van der Waals surface area contributed by atoms with E-state index in [1.54, 1.807) is 36.4 Å². The van der Waals surface area contributed by atoms with Gasteiger partial charge in [-0.2, -0.15) is 0 Å². The number of benzene rings is 2. The fourth-order valence-electron chi connectivity index (χ4n) is 1.92. The molecule has 2 unspecified atom stereocenters. The lowest BCUT2D eigenvalue weighted by atomic mass is 10.1. The van der Waals surface area contributed by atoms with Gasteiger partial charge in [0.15, 0.2) is 0 Å². The molecule has 2 aromatic carbocycles. The lowest BCUT2D eigenvalue weighted by Gasteiger charge is -2.13. The topological polar surface area (TPSA) is 119 Å². The first kappa shape index (κ1) is 18.2. The van der Waals surface area contributed by atoms with Crippen molar-refractivity contribution in [3.8, 4) is 5.75 Å². The van der Waals surface area contributed by atoms with Crippen LogP contribution in [0.15, 0.2) is 54.6 Å². The van der Waals surface area contributed by atoms with Crippen LogP contribution in [-0.2, 0) is 26.9 Å². The van der Waals surface area contributed by atoms with E-state index >= 15 is 0 Å². The van der Waals surface area contributed by atoms with E-state index in [9.17, 15) is 14.3 Å². The smallest absolute Gasteiger partial charge is 0.480 e. The van der Waals surface area contributed by atoms with Gasteiger partial charge in [0, 0.05) is 0 Å². The first-order valence-electron chi connectivity index (χ1n) is 7.14. The highest BCUT2D eigenvalue weighted by atomic mass is 31.2. The monoisotopic (exact) mass is 351 g/mol. The summed E-state index contributed by atoms with van der Waals surface area (Å²) in [6.07, 6.45) is 0.150. The highest BCUT2D eigenvalue weighted by Gasteiger charge is 2.23. The molecule has 0 aromatic heterocycles. The summed E-state index contributed by atoms with van der Waals surface area (Å²) in [7, 11) is -4.26. The molecule has 0 saturated heterocycles. The number of hydrogen-bond donors (Lipinski definition) is 3. The van der Waals surface area contributed by atoms with Crippen LogP contribution in [0.5, 0.6) is 5.75 Å². The Hall–Kier alpha value is -2.18. The molecule has 2 atom stereocenters. The van der Waals surface area contributed by atoms with E-state index in [2.05, 4.69) is 0 Å². The Kier molecular flexibility index (Phi) is 6.11. The summed E-state index contributed by atoms with van der Waals surface area (Å²) in [5.41, 5.74) is 6.87. The van der Waals surface area contributed by atoms with Crippen LogP contribution in [0.25, 0.3) is 0 Å². The maximum absolute atomic E-state index is 11.9. The van der Waals surface area contributed by atoms with Crippen molar-refractivity contribution in [2.45, 2.75) is 19.1 Å². The van der Waals surface area contributed by atoms with Gasteiger partial charge in [-0.15, -0.1) is 0 Å². The highest BCUT2D eigenvalue weighted by molar-refractivity contribution is 7.47. The Bertz CT molecular complexity index is 719.